The number of rotatable bonds is 3. The summed E-state index contributed by atoms with van der Waals surface area (Å²) in [6.45, 7) is 1.74. The van der Waals surface area contributed by atoms with E-state index in [9.17, 15) is 0 Å². The zero-order chi connectivity index (χ0) is 10.7. The Bertz CT molecular complexity index is 343. The van der Waals surface area contributed by atoms with Crippen molar-refractivity contribution >= 4 is 21.6 Å². The second-order valence-corrected chi connectivity index (χ2v) is 4.52. The Hall–Kier alpha value is -0.740. The first-order valence-electron chi connectivity index (χ1n) is 5.13. The minimum atomic E-state index is 0.402. The van der Waals surface area contributed by atoms with Gasteiger partial charge in [-0.25, -0.2) is 0 Å². The smallest absolute Gasteiger partial charge is 0.156 e. The fourth-order valence-corrected chi connectivity index (χ4v) is 2.17. The first-order chi connectivity index (χ1) is 7.31. The molecule has 0 spiro atoms. The number of para-hydroxylation sites is 1. The molecule has 0 fully saturated rings. The van der Waals surface area contributed by atoms with Gasteiger partial charge in [0.2, 0.25) is 0 Å². The molecule has 0 saturated carbocycles. The highest BCUT2D eigenvalue weighted by molar-refractivity contribution is 9.10. The molecule has 0 aliphatic carbocycles. The van der Waals surface area contributed by atoms with Crippen LogP contribution in [0.1, 0.15) is 6.42 Å². The van der Waals surface area contributed by atoms with Crippen LogP contribution in [-0.2, 0) is 0 Å². The number of ether oxygens (including phenoxy) is 1. The van der Waals surface area contributed by atoms with Gasteiger partial charge in [-0.15, -0.1) is 0 Å². The van der Waals surface area contributed by atoms with Crippen molar-refractivity contribution < 1.29 is 4.74 Å². The summed E-state index contributed by atoms with van der Waals surface area (Å²) in [6, 6.07) is 6.46. The van der Waals surface area contributed by atoms with Gasteiger partial charge in [-0.1, -0.05) is 6.07 Å². The summed E-state index contributed by atoms with van der Waals surface area (Å²) in [6.07, 6.45) is 1.07. The monoisotopic (exact) mass is 270 g/mol. The van der Waals surface area contributed by atoms with Gasteiger partial charge in [-0.3, -0.25) is 0 Å². The van der Waals surface area contributed by atoms with Gasteiger partial charge in [0.25, 0.3) is 0 Å². The summed E-state index contributed by atoms with van der Waals surface area (Å²) < 4.78 is 6.74. The Labute approximate surface area is 98.3 Å². The normalized spacial score (nSPS) is 18.9. The standard InChI is InChI=1S/C11H15BrN2O/c1-13-6-5-8-7-15-11-9(12)3-2-4-10(11)14-8/h2-4,8,13-14H,5-7H2,1H3. The molecule has 0 saturated heterocycles. The van der Waals surface area contributed by atoms with E-state index in [4.69, 9.17) is 4.74 Å². The van der Waals surface area contributed by atoms with Crippen molar-refractivity contribution in [3.63, 3.8) is 0 Å². The topological polar surface area (TPSA) is 33.3 Å². The minimum absolute atomic E-state index is 0.402. The lowest BCUT2D eigenvalue weighted by molar-refractivity contribution is 0.276. The van der Waals surface area contributed by atoms with Crippen LogP contribution in [-0.4, -0.2) is 26.2 Å². The molecule has 1 aliphatic heterocycles. The van der Waals surface area contributed by atoms with E-state index in [2.05, 4.69) is 26.6 Å². The third-order valence-electron chi connectivity index (χ3n) is 2.50. The Balaban J connectivity index is 2.07. The number of halogens is 1. The van der Waals surface area contributed by atoms with Crippen LogP contribution in [0.15, 0.2) is 22.7 Å². The molecule has 0 radical (unpaired) electrons. The largest absolute Gasteiger partial charge is 0.488 e. The van der Waals surface area contributed by atoms with Gasteiger partial charge in [0.1, 0.15) is 6.61 Å². The first kappa shape index (κ1) is 10.8. The molecule has 3 nitrogen and oxygen atoms in total. The van der Waals surface area contributed by atoms with Crippen molar-refractivity contribution in [3.05, 3.63) is 22.7 Å². The van der Waals surface area contributed by atoms with Gasteiger partial charge in [-0.05, 0) is 48.1 Å². The van der Waals surface area contributed by atoms with E-state index in [1.807, 2.05) is 25.2 Å². The molecule has 1 heterocycles. The summed E-state index contributed by atoms with van der Waals surface area (Å²) in [7, 11) is 1.97. The molecular weight excluding hydrogens is 256 g/mol. The molecular formula is C11H15BrN2O. The molecule has 0 aromatic heterocycles. The van der Waals surface area contributed by atoms with Crippen LogP contribution in [0.2, 0.25) is 0 Å². The highest BCUT2D eigenvalue weighted by atomic mass is 79.9. The lowest BCUT2D eigenvalue weighted by Crippen LogP contribution is -2.33. The van der Waals surface area contributed by atoms with Crippen molar-refractivity contribution in [2.75, 3.05) is 25.5 Å². The second kappa shape index (κ2) is 4.86. The van der Waals surface area contributed by atoms with Crippen LogP contribution < -0.4 is 15.4 Å². The lowest BCUT2D eigenvalue weighted by Gasteiger charge is -2.28. The second-order valence-electron chi connectivity index (χ2n) is 3.66. The van der Waals surface area contributed by atoms with Crippen molar-refractivity contribution in [3.8, 4) is 5.75 Å². The summed E-state index contributed by atoms with van der Waals surface area (Å²) >= 11 is 3.48. The fraction of sp³-hybridized carbons (Fsp3) is 0.455. The Kier molecular flexibility index (Phi) is 3.49. The maximum absolute atomic E-state index is 5.73. The predicted molar refractivity (Wildman–Crippen MR) is 65.6 cm³/mol. The zero-order valence-electron chi connectivity index (χ0n) is 8.72. The van der Waals surface area contributed by atoms with E-state index >= 15 is 0 Å². The molecule has 0 amide bonds. The van der Waals surface area contributed by atoms with Crippen molar-refractivity contribution in [1.29, 1.82) is 0 Å². The Morgan fingerprint density at radius 1 is 1.60 bits per heavy atom. The molecule has 4 heteroatoms. The van der Waals surface area contributed by atoms with Crippen molar-refractivity contribution in [2.45, 2.75) is 12.5 Å². The quantitative estimate of drug-likeness (QED) is 0.884. The molecule has 1 unspecified atom stereocenters. The van der Waals surface area contributed by atoms with E-state index < -0.39 is 0 Å². The van der Waals surface area contributed by atoms with Crippen LogP contribution >= 0.6 is 15.9 Å². The molecule has 15 heavy (non-hydrogen) atoms. The zero-order valence-corrected chi connectivity index (χ0v) is 10.3. The Morgan fingerprint density at radius 2 is 2.47 bits per heavy atom. The molecule has 82 valence electrons. The maximum Gasteiger partial charge on any atom is 0.156 e. The van der Waals surface area contributed by atoms with E-state index in [1.165, 1.54) is 0 Å². The fourth-order valence-electron chi connectivity index (χ4n) is 1.69. The third kappa shape index (κ3) is 2.44. The summed E-state index contributed by atoms with van der Waals surface area (Å²) in [5.41, 5.74) is 1.08. The summed E-state index contributed by atoms with van der Waals surface area (Å²) in [5, 5.41) is 6.62. The van der Waals surface area contributed by atoms with Crippen molar-refractivity contribution in [2.24, 2.45) is 0 Å². The molecule has 0 bridgehead atoms. The number of benzene rings is 1. The molecule has 2 rings (SSSR count). The SMILES string of the molecule is CNCCC1COc2c(Br)cccc2N1. The minimum Gasteiger partial charge on any atom is -0.488 e. The molecule has 1 aromatic carbocycles. The van der Waals surface area contributed by atoms with Crippen LogP contribution in [0.25, 0.3) is 0 Å². The van der Waals surface area contributed by atoms with E-state index in [-0.39, 0.29) is 0 Å². The molecule has 2 N–H and O–H groups in total. The lowest BCUT2D eigenvalue weighted by atomic mass is 10.1. The van der Waals surface area contributed by atoms with Gasteiger partial charge >= 0.3 is 0 Å². The number of hydrogen-bond donors (Lipinski definition) is 2. The van der Waals surface area contributed by atoms with Gasteiger partial charge in [0.05, 0.1) is 16.2 Å². The number of nitrogens with one attached hydrogen (secondary N) is 2. The van der Waals surface area contributed by atoms with E-state index in [0.717, 1.165) is 35.5 Å². The average molecular weight is 271 g/mol. The maximum atomic E-state index is 5.73. The van der Waals surface area contributed by atoms with E-state index in [1.54, 1.807) is 0 Å². The first-order valence-corrected chi connectivity index (χ1v) is 5.93. The van der Waals surface area contributed by atoms with Gasteiger partial charge < -0.3 is 15.4 Å². The van der Waals surface area contributed by atoms with E-state index in [0.29, 0.717) is 6.04 Å². The number of anilines is 1. The number of fused-ring (bicyclic) bond motifs is 1. The van der Waals surface area contributed by atoms with Crippen LogP contribution in [0, 0.1) is 0 Å². The molecule has 1 aromatic rings. The molecule has 1 aliphatic rings. The summed E-state index contributed by atoms with van der Waals surface area (Å²) in [4.78, 5) is 0. The van der Waals surface area contributed by atoms with Crippen LogP contribution in [0.4, 0.5) is 5.69 Å². The number of hydrogen-bond acceptors (Lipinski definition) is 3. The van der Waals surface area contributed by atoms with Gasteiger partial charge in [-0.2, -0.15) is 0 Å². The van der Waals surface area contributed by atoms with Crippen LogP contribution in [0.5, 0.6) is 5.75 Å². The third-order valence-corrected chi connectivity index (χ3v) is 3.12. The van der Waals surface area contributed by atoms with Crippen molar-refractivity contribution in [1.82, 2.24) is 5.32 Å². The summed E-state index contributed by atoms with van der Waals surface area (Å²) in [5.74, 6) is 0.929. The predicted octanol–water partition coefficient (Wildman–Crippen LogP) is 2.23. The van der Waals surface area contributed by atoms with Gasteiger partial charge in [0.15, 0.2) is 5.75 Å². The highest BCUT2D eigenvalue weighted by Gasteiger charge is 2.19. The average Bonchev–Trinajstić information content (AvgIpc) is 2.26. The highest BCUT2D eigenvalue weighted by Crippen LogP contribution is 2.36. The van der Waals surface area contributed by atoms with Gasteiger partial charge in [0, 0.05) is 0 Å². The van der Waals surface area contributed by atoms with Crippen LogP contribution in [0.3, 0.4) is 0 Å². The Morgan fingerprint density at radius 3 is 3.27 bits per heavy atom. The molecule has 1 atom stereocenters.